The maximum absolute atomic E-state index is 6.42. The lowest BCUT2D eigenvalue weighted by molar-refractivity contribution is 0.00578. The first-order chi connectivity index (χ1) is 17.6. The van der Waals surface area contributed by atoms with Crippen LogP contribution in [0.2, 0.25) is 0 Å². The summed E-state index contributed by atoms with van der Waals surface area (Å²) >= 11 is 0. The van der Waals surface area contributed by atoms with Crippen molar-refractivity contribution in [3.8, 4) is 16.8 Å². The first-order valence-corrected chi connectivity index (χ1v) is 13.2. The maximum Gasteiger partial charge on any atom is 0.494 e. The van der Waals surface area contributed by atoms with Crippen molar-refractivity contribution in [2.45, 2.75) is 58.2 Å². The molecule has 3 nitrogen and oxygen atoms in total. The Hall–Kier alpha value is -3.34. The number of para-hydroxylation sites is 1. The minimum atomic E-state index is -0.399. The fraction of sp³-hybridized carbons (Fsp3) is 0.273. The van der Waals surface area contributed by atoms with Crippen LogP contribution in [0.3, 0.4) is 0 Å². The van der Waals surface area contributed by atoms with E-state index in [1.165, 1.54) is 44.1 Å². The van der Waals surface area contributed by atoms with E-state index in [1.54, 1.807) is 0 Å². The van der Waals surface area contributed by atoms with E-state index in [0.29, 0.717) is 0 Å². The highest BCUT2D eigenvalue weighted by Gasteiger charge is 2.51. The molecule has 1 aromatic heterocycles. The Morgan fingerprint density at radius 3 is 2.14 bits per heavy atom. The number of hydrogen-bond acceptors (Lipinski definition) is 2. The summed E-state index contributed by atoms with van der Waals surface area (Å²) in [6.45, 7) is 13.1. The van der Waals surface area contributed by atoms with Crippen LogP contribution in [0.25, 0.3) is 38.6 Å². The average molecular weight is 485 g/mol. The molecule has 0 amide bonds. The van der Waals surface area contributed by atoms with Crippen LogP contribution in [-0.2, 0) is 14.7 Å². The van der Waals surface area contributed by atoms with Gasteiger partial charge in [0.15, 0.2) is 0 Å². The number of aromatic nitrogens is 1. The number of nitrogens with zero attached hydrogens (tertiary/aromatic N) is 1. The minimum Gasteiger partial charge on any atom is -0.399 e. The van der Waals surface area contributed by atoms with E-state index in [4.69, 9.17) is 9.31 Å². The zero-order valence-corrected chi connectivity index (χ0v) is 22.4. The Morgan fingerprint density at radius 2 is 1.35 bits per heavy atom. The molecule has 0 unspecified atom stereocenters. The lowest BCUT2D eigenvalue weighted by Gasteiger charge is -2.32. The molecular weight excluding hydrogens is 453 g/mol. The van der Waals surface area contributed by atoms with Crippen molar-refractivity contribution in [2.75, 3.05) is 0 Å². The summed E-state index contributed by atoms with van der Waals surface area (Å²) in [6.07, 6.45) is 0. The van der Waals surface area contributed by atoms with Crippen molar-refractivity contribution >= 4 is 34.4 Å². The fourth-order valence-corrected chi connectivity index (χ4v) is 6.37. The third kappa shape index (κ3) is 3.03. The van der Waals surface area contributed by atoms with Gasteiger partial charge in [0.05, 0.1) is 22.2 Å². The van der Waals surface area contributed by atoms with Crippen LogP contribution in [0.1, 0.15) is 52.7 Å². The molecule has 2 aliphatic rings. The molecule has 4 aromatic carbocycles. The van der Waals surface area contributed by atoms with Crippen molar-refractivity contribution in [3.05, 3.63) is 96.1 Å². The van der Waals surface area contributed by atoms with Crippen LogP contribution in [0.15, 0.2) is 84.9 Å². The molecule has 0 saturated carbocycles. The van der Waals surface area contributed by atoms with Crippen LogP contribution < -0.4 is 5.46 Å². The molecule has 0 spiro atoms. The van der Waals surface area contributed by atoms with Gasteiger partial charge in [0.2, 0.25) is 0 Å². The molecule has 184 valence electrons. The van der Waals surface area contributed by atoms with Gasteiger partial charge in [0.1, 0.15) is 0 Å². The molecule has 5 aromatic rings. The fourth-order valence-electron chi connectivity index (χ4n) is 6.37. The van der Waals surface area contributed by atoms with E-state index in [1.807, 2.05) is 0 Å². The Bertz CT molecular complexity index is 1710. The molecule has 7 rings (SSSR count). The highest BCUT2D eigenvalue weighted by atomic mass is 16.7. The van der Waals surface area contributed by atoms with Gasteiger partial charge < -0.3 is 13.9 Å². The molecule has 0 N–H and O–H groups in total. The summed E-state index contributed by atoms with van der Waals surface area (Å²) in [4.78, 5) is 0. The number of hydrogen-bond donors (Lipinski definition) is 0. The second-order valence-corrected chi connectivity index (χ2v) is 12.1. The van der Waals surface area contributed by atoms with Gasteiger partial charge >= 0.3 is 7.12 Å². The summed E-state index contributed by atoms with van der Waals surface area (Å²) in [5.74, 6) is 0. The first kappa shape index (κ1) is 22.8. The Morgan fingerprint density at radius 1 is 0.649 bits per heavy atom. The molecule has 37 heavy (non-hydrogen) atoms. The minimum absolute atomic E-state index is 0.110. The SMILES string of the molecule is CC1(C)c2ccccc2-c2ccc3c4ccccc4n(-c4cccc(B5OC(C)(C)C(C)(C)O5)c4)c3c21. The molecule has 0 radical (unpaired) electrons. The highest BCUT2D eigenvalue weighted by Crippen LogP contribution is 2.52. The lowest BCUT2D eigenvalue weighted by Crippen LogP contribution is -2.41. The Labute approximate surface area is 219 Å². The van der Waals surface area contributed by atoms with E-state index < -0.39 is 7.12 Å². The first-order valence-electron chi connectivity index (χ1n) is 13.2. The van der Waals surface area contributed by atoms with Crippen LogP contribution >= 0.6 is 0 Å². The van der Waals surface area contributed by atoms with Crippen molar-refractivity contribution in [1.29, 1.82) is 0 Å². The van der Waals surface area contributed by atoms with Crippen molar-refractivity contribution in [1.82, 2.24) is 4.57 Å². The number of benzene rings is 4. The molecule has 1 aliphatic carbocycles. The van der Waals surface area contributed by atoms with Crippen molar-refractivity contribution in [2.24, 2.45) is 0 Å². The van der Waals surface area contributed by atoms with Gasteiger partial charge in [-0.1, -0.05) is 80.6 Å². The summed E-state index contributed by atoms with van der Waals surface area (Å²) in [5.41, 5.74) is 9.25. The molecule has 1 saturated heterocycles. The Balaban J connectivity index is 1.51. The predicted molar refractivity (Wildman–Crippen MR) is 154 cm³/mol. The van der Waals surface area contributed by atoms with E-state index in [-0.39, 0.29) is 16.6 Å². The molecule has 2 heterocycles. The van der Waals surface area contributed by atoms with Crippen molar-refractivity contribution < 1.29 is 9.31 Å². The molecule has 1 fully saturated rings. The van der Waals surface area contributed by atoms with E-state index in [2.05, 4.69) is 131 Å². The number of fused-ring (bicyclic) bond motifs is 7. The molecule has 0 atom stereocenters. The third-order valence-electron chi connectivity index (χ3n) is 9.01. The van der Waals surface area contributed by atoms with Gasteiger partial charge in [-0.2, -0.15) is 0 Å². The zero-order valence-electron chi connectivity index (χ0n) is 22.4. The third-order valence-corrected chi connectivity index (χ3v) is 9.01. The largest absolute Gasteiger partial charge is 0.494 e. The summed E-state index contributed by atoms with van der Waals surface area (Å²) in [7, 11) is -0.399. The molecule has 0 bridgehead atoms. The Kier molecular flexibility index (Phi) is 4.55. The van der Waals surface area contributed by atoms with Crippen LogP contribution in [-0.4, -0.2) is 22.9 Å². The number of rotatable bonds is 2. The molecule has 1 aliphatic heterocycles. The summed E-state index contributed by atoms with van der Waals surface area (Å²) in [6, 6.07) is 30.9. The van der Waals surface area contributed by atoms with Gasteiger partial charge in [0, 0.05) is 21.9 Å². The predicted octanol–water partition coefficient (Wildman–Crippen LogP) is 7.39. The maximum atomic E-state index is 6.42. The topological polar surface area (TPSA) is 23.4 Å². The summed E-state index contributed by atoms with van der Waals surface area (Å²) in [5, 5.41) is 2.56. The van der Waals surface area contributed by atoms with Gasteiger partial charge in [-0.3, -0.25) is 0 Å². The van der Waals surface area contributed by atoms with Gasteiger partial charge in [-0.05, 0) is 73.6 Å². The smallest absolute Gasteiger partial charge is 0.399 e. The van der Waals surface area contributed by atoms with E-state index in [9.17, 15) is 0 Å². The van der Waals surface area contributed by atoms with Crippen LogP contribution in [0, 0.1) is 0 Å². The summed E-state index contributed by atoms with van der Waals surface area (Å²) < 4.78 is 15.3. The van der Waals surface area contributed by atoms with Crippen LogP contribution in [0.5, 0.6) is 0 Å². The second-order valence-electron chi connectivity index (χ2n) is 12.1. The van der Waals surface area contributed by atoms with Gasteiger partial charge in [-0.25, -0.2) is 0 Å². The standard InChI is InChI=1S/C33H32BNO2/c1-31(2)27-16-9-7-14-23(27)25-18-19-26-24-15-8-10-17-28(24)35(30(26)29(25)31)22-13-11-12-21(20-22)34-36-32(3,4)33(5,6)37-34/h7-20H,1-6H3. The highest BCUT2D eigenvalue weighted by molar-refractivity contribution is 6.62. The zero-order chi connectivity index (χ0) is 25.7. The van der Waals surface area contributed by atoms with Gasteiger partial charge in [0.25, 0.3) is 0 Å². The van der Waals surface area contributed by atoms with E-state index in [0.717, 1.165) is 11.2 Å². The lowest BCUT2D eigenvalue weighted by atomic mass is 9.79. The molecular formula is C33H32BNO2. The quantitative estimate of drug-likeness (QED) is 0.244. The molecule has 4 heteroatoms. The van der Waals surface area contributed by atoms with Gasteiger partial charge in [-0.15, -0.1) is 0 Å². The van der Waals surface area contributed by atoms with E-state index >= 15 is 0 Å². The van der Waals surface area contributed by atoms with Crippen LogP contribution in [0.4, 0.5) is 0 Å². The second kappa shape index (κ2) is 7.37. The average Bonchev–Trinajstić information content (AvgIpc) is 3.41. The monoisotopic (exact) mass is 485 g/mol. The normalized spacial score (nSPS) is 18.9. The van der Waals surface area contributed by atoms with Crippen molar-refractivity contribution in [3.63, 3.8) is 0 Å².